The Morgan fingerprint density at radius 3 is 2.76 bits per heavy atom. The minimum atomic E-state index is -0.169. The Morgan fingerprint density at radius 2 is 2.10 bits per heavy atom. The van der Waals surface area contributed by atoms with Gasteiger partial charge in [-0.1, -0.05) is 49.9 Å². The zero-order valence-corrected chi connectivity index (χ0v) is 13.5. The van der Waals surface area contributed by atoms with Crippen molar-refractivity contribution in [2.75, 3.05) is 19.3 Å². The maximum absolute atomic E-state index is 11.7. The van der Waals surface area contributed by atoms with Crippen molar-refractivity contribution in [3.63, 3.8) is 0 Å². The summed E-state index contributed by atoms with van der Waals surface area (Å²) >= 11 is 1.76. The van der Waals surface area contributed by atoms with E-state index in [4.69, 9.17) is 4.99 Å². The molecule has 0 atom stereocenters. The highest BCUT2D eigenvalue weighted by Gasteiger charge is 2.33. The van der Waals surface area contributed by atoms with Crippen LogP contribution in [0.1, 0.15) is 25.0 Å². The van der Waals surface area contributed by atoms with Gasteiger partial charge in [0.1, 0.15) is 6.29 Å². The molecule has 0 amide bonds. The van der Waals surface area contributed by atoms with Gasteiger partial charge in [0.15, 0.2) is 5.17 Å². The lowest BCUT2D eigenvalue weighted by Gasteiger charge is -2.32. The fourth-order valence-corrected chi connectivity index (χ4v) is 3.99. The molecule has 4 heteroatoms. The van der Waals surface area contributed by atoms with Crippen molar-refractivity contribution in [2.45, 2.75) is 20.3 Å². The number of aldehydes is 1. The van der Waals surface area contributed by atoms with E-state index in [1.54, 1.807) is 11.8 Å². The molecule has 3 nitrogen and oxygen atoms in total. The summed E-state index contributed by atoms with van der Waals surface area (Å²) in [6.07, 6.45) is 1.88. The van der Waals surface area contributed by atoms with Gasteiger partial charge >= 0.3 is 0 Å². The van der Waals surface area contributed by atoms with Gasteiger partial charge in [-0.05, 0) is 17.4 Å². The van der Waals surface area contributed by atoms with Crippen LogP contribution in [0, 0.1) is 5.41 Å². The van der Waals surface area contributed by atoms with Crippen LogP contribution in [0.5, 0.6) is 0 Å². The number of hydrogen-bond acceptors (Lipinski definition) is 3. The number of thioether (sulfide) groups is 1. The predicted molar refractivity (Wildman–Crippen MR) is 89.4 cm³/mol. The molecule has 0 bridgehead atoms. The third-order valence-electron chi connectivity index (χ3n) is 4.20. The SMILES string of the molecule is CN1CCSC1=NC1=C(C=O)C(C)(C)Cc2ccccc21. The van der Waals surface area contributed by atoms with Crippen LogP contribution in [-0.4, -0.2) is 35.7 Å². The van der Waals surface area contributed by atoms with Gasteiger partial charge in [-0.15, -0.1) is 0 Å². The average Bonchev–Trinajstić information content (AvgIpc) is 2.83. The predicted octanol–water partition coefficient (Wildman–Crippen LogP) is 3.21. The van der Waals surface area contributed by atoms with Crippen molar-refractivity contribution in [2.24, 2.45) is 10.4 Å². The smallest absolute Gasteiger partial charge is 0.164 e. The second-order valence-electron chi connectivity index (χ2n) is 6.26. The highest BCUT2D eigenvalue weighted by Crippen LogP contribution is 2.42. The number of fused-ring (bicyclic) bond motifs is 1. The number of allylic oxidation sites excluding steroid dienone is 1. The highest BCUT2D eigenvalue weighted by molar-refractivity contribution is 8.14. The molecule has 1 aromatic rings. The molecule has 1 fully saturated rings. The summed E-state index contributed by atoms with van der Waals surface area (Å²) in [5, 5.41) is 1.01. The number of carbonyl (C=O) groups excluding carboxylic acids is 1. The maximum Gasteiger partial charge on any atom is 0.164 e. The second kappa shape index (κ2) is 5.34. The zero-order chi connectivity index (χ0) is 15.0. The summed E-state index contributed by atoms with van der Waals surface area (Å²) in [4.78, 5) is 18.7. The van der Waals surface area contributed by atoms with E-state index in [0.29, 0.717) is 0 Å². The van der Waals surface area contributed by atoms with Crippen LogP contribution in [0.25, 0.3) is 5.70 Å². The molecule has 21 heavy (non-hydrogen) atoms. The van der Waals surface area contributed by atoms with Crippen molar-refractivity contribution < 1.29 is 4.79 Å². The fourth-order valence-electron chi connectivity index (χ4n) is 2.97. The van der Waals surface area contributed by atoms with Gasteiger partial charge in [0, 0.05) is 30.5 Å². The number of nitrogens with zero attached hydrogens (tertiary/aromatic N) is 2. The second-order valence-corrected chi connectivity index (χ2v) is 7.32. The Balaban J connectivity index is 2.20. The minimum Gasteiger partial charge on any atom is -0.353 e. The molecular weight excluding hydrogens is 280 g/mol. The molecule has 0 unspecified atom stereocenters. The number of benzene rings is 1. The quantitative estimate of drug-likeness (QED) is 0.786. The van der Waals surface area contributed by atoms with Crippen molar-refractivity contribution in [3.8, 4) is 0 Å². The number of rotatable bonds is 2. The number of carbonyl (C=O) groups is 1. The molecular formula is C17H20N2OS. The van der Waals surface area contributed by atoms with Crippen molar-refractivity contribution in [1.82, 2.24) is 4.90 Å². The van der Waals surface area contributed by atoms with Gasteiger partial charge in [-0.3, -0.25) is 4.79 Å². The molecule has 1 aliphatic heterocycles. The summed E-state index contributed by atoms with van der Waals surface area (Å²) in [6, 6.07) is 8.30. The molecule has 0 N–H and O–H groups in total. The summed E-state index contributed by atoms with van der Waals surface area (Å²) in [7, 11) is 2.06. The molecule has 110 valence electrons. The molecule has 0 radical (unpaired) electrons. The Bertz CT molecular complexity index is 646. The molecule has 1 aliphatic carbocycles. The standard InChI is InChI=1S/C17H20N2OS/c1-17(2)10-12-6-4-5-7-13(12)15(14(17)11-20)18-16-19(3)8-9-21-16/h4-7,11H,8-10H2,1-3H3. The van der Waals surface area contributed by atoms with Crippen LogP contribution >= 0.6 is 11.8 Å². The number of amidine groups is 1. The van der Waals surface area contributed by atoms with E-state index in [0.717, 1.165) is 47.0 Å². The van der Waals surface area contributed by atoms with Gasteiger partial charge < -0.3 is 4.90 Å². The first-order valence-electron chi connectivity index (χ1n) is 7.24. The van der Waals surface area contributed by atoms with Gasteiger partial charge in [0.05, 0.1) is 5.70 Å². The Morgan fingerprint density at radius 1 is 1.33 bits per heavy atom. The van der Waals surface area contributed by atoms with Crippen LogP contribution in [0.2, 0.25) is 0 Å². The van der Waals surface area contributed by atoms with Crippen LogP contribution in [0.4, 0.5) is 0 Å². The molecule has 2 aliphatic rings. The number of aliphatic imine (C=N–C) groups is 1. The highest BCUT2D eigenvalue weighted by atomic mass is 32.2. The lowest BCUT2D eigenvalue weighted by Crippen LogP contribution is -2.26. The van der Waals surface area contributed by atoms with Gasteiger partial charge in [0.25, 0.3) is 0 Å². The maximum atomic E-state index is 11.7. The van der Waals surface area contributed by atoms with Gasteiger partial charge in [0.2, 0.25) is 0 Å². The normalized spacial score (nSPS) is 22.6. The van der Waals surface area contributed by atoms with Crippen LogP contribution in [0.15, 0.2) is 34.8 Å². The first-order chi connectivity index (χ1) is 10.0. The van der Waals surface area contributed by atoms with E-state index >= 15 is 0 Å². The van der Waals surface area contributed by atoms with E-state index in [9.17, 15) is 4.79 Å². The van der Waals surface area contributed by atoms with Crippen molar-refractivity contribution in [1.29, 1.82) is 0 Å². The lowest BCUT2D eigenvalue weighted by atomic mass is 9.72. The van der Waals surface area contributed by atoms with Gasteiger partial charge in [-0.2, -0.15) is 0 Å². The largest absolute Gasteiger partial charge is 0.353 e. The molecule has 0 aromatic heterocycles. The van der Waals surface area contributed by atoms with E-state index in [2.05, 4.69) is 44.0 Å². The summed E-state index contributed by atoms with van der Waals surface area (Å²) in [5.41, 5.74) is 3.88. The molecule has 1 heterocycles. The molecule has 3 rings (SSSR count). The summed E-state index contributed by atoms with van der Waals surface area (Å²) < 4.78 is 0. The third-order valence-corrected chi connectivity index (χ3v) is 5.25. The van der Waals surface area contributed by atoms with Crippen LogP contribution in [-0.2, 0) is 11.2 Å². The molecule has 0 saturated carbocycles. The first kappa shape index (κ1) is 14.4. The Labute approximate surface area is 130 Å². The number of hydrogen-bond donors (Lipinski definition) is 0. The Kier molecular flexibility index (Phi) is 3.66. The monoisotopic (exact) mass is 300 g/mol. The minimum absolute atomic E-state index is 0.169. The van der Waals surface area contributed by atoms with Crippen LogP contribution < -0.4 is 0 Å². The van der Waals surface area contributed by atoms with Crippen LogP contribution in [0.3, 0.4) is 0 Å². The van der Waals surface area contributed by atoms with E-state index < -0.39 is 0 Å². The van der Waals surface area contributed by atoms with E-state index in [1.165, 1.54) is 5.56 Å². The van der Waals surface area contributed by atoms with E-state index in [-0.39, 0.29) is 5.41 Å². The fraction of sp³-hybridized carbons (Fsp3) is 0.412. The average molecular weight is 300 g/mol. The van der Waals surface area contributed by atoms with Crippen molar-refractivity contribution in [3.05, 3.63) is 41.0 Å². The van der Waals surface area contributed by atoms with Crippen molar-refractivity contribution >= 4 is 28.9 Å². The molecule has 1 saturated heterocycles. The van der Waals surface area contributed by atoms with Gasteiger partial charge in [-0.25, -0.2) is 4.99 Å². The topological polar surface area (TPSA) is 32.7 Å². The Hall–Kier alpha value is -1.55. The summed E-state index contributed by atoms with van der Waals surface area (Å²) in [6.45, 7) is 5.26. The molecule has 0 spiro atoms. The summed E-state index contributed by atoms with van der Waals surface area (Å²) in [5.74, 6) is 1.06. The van der Waals surface area contributed by atoms with E-state index in [1.807, 2.05) is 6.07 Å². The third kappa shape index (κ3) is 2.53. The molecule has 1 aromatic carbocycles. The zero-order valence-electron chi connectivity index (χ0n) is 12.7. The lowest BCUT2D eigenvalue weighted by molar-refractivity contribution is -0.105. The first-order valence-corrected chi connectivity index (χ1v) is 8.22.